The molecule has 0 amide bonds. The van der Waals surface area contributed by atoms with E-state index in [4.69, 9.17) is 5.11 Å². The lowest BCUT2D eigenvalue weighted by atomic mass is 9.97. The van der Waals surface area contributed by atoms with Crippen LogP contribution >= 0.6 is 0 Å². The zero-order valence-electron chi connectivity index (χ0n) is 14.4. The monoisotopic (exact) mass is 558 g/mol. The maximum absolute atomic E-state index is 13.1. The molecule has 0 aliphatic carbocycles. The molecule has 0 aromatic rings. The topological polar surface area (TPSA) is 55.8 Å². The van der Waals surface area contributed by atoms with Crippen molar-refractivity contribution in [1.29, 1.82) is 0 Å². The minimum atomic E-state index is -8.56. The lowest BCUT2D eigenvalue weighted by Crippen LogP contribution is -2.70. The van der Waals surface area contributed by atoms with Gasteiger partial charge in [-0.15, -0.1) is 0 Å². The second-order valence-electron chi connectivity index (χ2n) is 5.46. The van der Waals surface area contributed by atoms with Gasteiger partial charge in [-0.2, -0.15) is 83.4 Å². The molecule has 0 fully saturated rings. The Morgan fingerprint density at radius 1 is 0.500 bits per heavy atom. The fraction of sp³-hybridized carbons (Fsp3) is 0.727. The summed E-state index contributed by atoms with van der Waals surface area (Å²) < 4.78 is 245. The first-order valence-electron chi connectivity index (χ1n) is 6.83. The van der Waals surface area contributed by atoms with Crippen molar-refractivity contribution in [1.82, 2.24) is 0 Å². The third-order valence-electron chi connectivity index (χ3n) is 3.13. The minimum absolute atomic E-state index is 1.63. The summed E-state index contributed by atoms with van der Waals surface area (Å²) in [7, 11) is 0. The molecular formula is C11HF19O4. The summed E-state index contributed by atoms with van der Waals surface area (Å²) >= 11 is 0. The standard InChI is InChI=1S/C11HF19O4/c12-1(33-10(27,28)4(14,15)3(31)32)2(13)34-11(29,30)8(22,23)6(18,19)5(16,17)7(20,21)9(24,25)26/h(H,31,32)/b2-1+. The second-order valence-corrected chi connectivity index (χ2v) is 5.46. The first-order valence-corrected chi connectivity index (χ1v) is 6.83. The van der Waals surface area contributed by atoms with Crippen molar-refractivity contribution in [3.05, 3.63) is 12.0 Å². The maximum atomic E-state index is 13.1. The first-order chi connectivity index (χ1) is 14.5. The van der Waals surface area contributed by atoms with Gasteiger partial charge in [-0.25, -0.2) is 4.79 Å². The van der Waals surface area contributed by atoms with Gasteiger partial charge in [0, 0.05) is 0 Å². The molecule has 0 aliphatic heterocycles. The van der Waals surface area contributed by atoms with Gasteiger partial charge in [0.25, 0.3) is 0 Å². The molecule has 34 heavy (non-hydrogen) atoms. The fourth-order valence-electron chi connectivity index (χ4n) is 1.31. The van der Waals surface area contributed by atoms with Crippen molar-refractivity contribution in [3.63, 3.8) is 0 Å². The quantitative estimate of drug-likeness (QED) is 0.261. The Bertz CT molecular complexity index is 810. The van der Waals surface area contributed by atoms with Crippen LogP contribution in [-0.2, 0) is 14.3 Å². The number of carboxylic acid groups (broad SMARTS) is 1. The molecule has 0 spiro atoms. The first kappa shape index (κ1) is 31.5. The van der Waals surface area contributed by atoms with E-state index in [0.717, 1.165) is 0 Å². The van der Waals surface area contributed by atoms with E-state index in [1.54, 1.807) is 4.74 Å². The molecule has 0 bridgehead atoms. The molecule has 4 nitrogen and oxygen atoms in total. The van der Waals surface area contributed by atoms with E-state index in [2.05, 4.69) is 0 Å². The van der Waals surface area contributed by atoms with E-state index in [-0.39, 0.29) is 0 Å². The molecule has 0 atom stereocenters. The average molecular weight is 558 g/mol. The predicted octanol–water partition coefficient (Wildman–Crippen LogP) is 6.09. The normalized spacial score (nSPS) is 16.2. The number of alkyl halides is 17. The van der Waals surface area contributed by atoms with Gasteiger partial charge in [0.15, 0.2) is 0 Å². The molecule has 202 valence electrons. The van der Waals surface area contributed by atoms with Gasteiger partial charge in [0.1, 0.15) is 0 Å². The van der Waals surface area contributed by atoms with Crippen molar-refractivity contribution in [2.45, 2.75) is 48.0 Å². The van der Waals surface area contributed by atoms with Gasteiger partial charge in [0.2, 0.25) is 0 Å². The zero-order chi connectivity index (χ0) is 28.1. The van der Waals surface area contributed by atoms with E-state index < -0.39 is 66.0 Å². The fourth-order valence-corrected chi connectivity index (χ4v) is 1.31. The van der Waals surface area contributed by atoms with Crippen LogP contribution in [0, 0.1) is 0 Å². The van der Waals surface area contributed by atoms with Crippen LogP contribution < -0.4 is 0 Å². The van der Waals surface area contributed by atoms with Crippen LogP contribution in [0.4, 0.5) is 83.4 Å². The van der Waals surface area contributed by atoms with Gasteiger partial charge in [0.05, 0.1) is 0 Å². The van der Waals surface area contributed by atoms with Crippen LogP contribution in [0.25, 0.3) is 0 Å². The van der Waals surface area contributed by atoms with Crippen LogP contribution in [0.15, 0.2) is 12.0 Å². The lowest BCUT2D eigenvalue weighted by Gasteiger charge is -2.38. The predicted molar refractivity (Wildman–Crippen MR) is 59.7 cm³/mol. The molecule has 0 aromatic carbocycles. The van der Waals surface area contributed by atoms with Gasteiger partial charge in [-0.05, 0) is 0 Å². The minimum Gasteiger partial charge on any atom is -0.477 e. The van der Waals surface area contributed by atoms with Crippen LogP contribution in [0.3, 0.4) is 0 Å². The van der Waals surface area contributed by atoms with Crippen molar-refractivity contribution < 1.29 is 103 Å². The number of ether oxygens (including phenoxy) is 2. The van der Waals surface area contributed by atoms with E-state index in [1.807, 2.05) is 4.74 Å². The van der Waals surface area contributed by atoms with Gasteiger partial charge in [-0.1, -0.05) is 0 Å². The molecule has 23 heteroatoms. The molecule has 0 unspecified atom stereocenters. The van der Waals surface area contributed by atoms with E-state index in [0.29, 0.717) is 0 Å². The summed E-state index contributed by atoms with van der Waals surface area (Å²) in [5.74, 6) is -44.0. The lowest BCUT2D eigenvalue weighted by molar-refractivity contribution is -0.464. The summed E-state index contributed by atoms with van der Waals surface area (Å²) in [6.07, 6.45) is -22.4. The summed E-state index contributed by atoms with van der Waals surface area (Å²) in [6.45, 7) is 0. The summed E-state index contributed by atoms with van der Waals surface area (Å²) in [4.78, 5) is 9.85. The van der Waals surface area contributed by atoms with Gasteiger partial charge >= 0.3 is 66.0 Å². The van der Waals surface area contributed by atoms with E-state index in [1.165, 1.54) is 0 Å². The SMILES string of the molecule is O=C(O)C(F)(F)C(F)(F)O/C(F)=C(\F)OC(F)(F)C(F)(F)C(F)(F)C(F)(F)C(F)(F)C(F)(F)F. The van der Waals surface area contributed by atoms with Gasteiger partial charge in [-0.3, -0.25) is 0 Å². The van der Waals surface area contributed by atoms with Gasteiger partial charge < -0.3 is 14.6 Å². The highest BCUT2D eigenvalue weighted by Gasteiger charge is 2.92. The number of hydrogen-bond donors (Lipinski definition) is 1. The Hall–Kier alpha value is -2.52. The molecule has 1 N–H and O–H groups in total. The Kier molecular flexibility index (Phi) is 7.69. The molecular weight excluding hydrogens is 557 g/mol. The second kappa shape index (κ2) is 8.30. The molecule has 0 aliphatic rings. The molecule has 0 radical (unpaired) electrons. The highest BCUT2D eigenvalue weighted by molar-refractivity contribution is 5.76. The Morgan fingerprint density at radius 3 is 1.09 bits per heavy atom. The number of halogens is 19. The molecule has 0 heterocycles. The largest absolute Gasteiger partial charge is 0.478 e. The third kappa shape index (κ3) is 4.68. The Balaban J connectivity index is 6.32. The highest BCUT2D eigenvalue weighted by atomic mass is 19.4. The highest BCUT2D eigenvalue weighted by Crippen LogP contribution is 2.60. The van der Waals surface area contributed by atoms with E-state index in [9.17, 15) is 88.2 Å². The summed E-state index contributed by atoms with van der Waals surface area (Å²) in [6, 6.07) is -8.88. The van der Waals surface area contributed by atoms with Crippen molar-refractivity contribution >= 4 is 5.97 Å². The van der Waals surface area contributed by atoms with Crippen LogP contribution in [0.5, 0.6) is 0 Å². The molecule has 0 saturated carbocycles. The van der Waals surface area contributed by atoms with Crippen molar-refractivity contribution in [2.75, 3.05) is 0 Å². The third-order valence-corrected chi connectivity index (χ3v) is 3.13. The van der Waals surface area contributed by atoms with Crippen molar-refractivity contribution in [2.24, 2.45) is 0 Å². The Morgan fingerprint density at radius 2 is 0.794 bits per heavy atom. The average Bonchev–Trinajstić information content (AvgIpc) is 2.58. The van der Waals surface area contributed by atoms with Crippen LogP contribution in [-0.4, -0.2) is 59.1 Å². The number of carbonyl (C=O) groups is 1. The number of carboxylic acids is 1. The molecule has 0 rings (SSSR count). The number of hydrogen-bond acceptors (Lipinski definition) is 3. The molecule has 0 aromatic heterocycles. The van der Waals surface area contributed by atoms with E-state index >= 15 is 0 Å². The van der Waals surface area contributed by atoms with Crippen LogP contribution in [0.1, 0.15) is 0 Å². The van der Waals surface area contributed by atoms with Crippen molar-refractivity contribution in [3.8, 4) is 0 Å². The number of rotatable bonds is 10. The Labute approximate surface area is 170 Å². The zero-order valence-corrected chi connectivity index (χ0v) is 14.4. The number of aliphatic carboxylic acids is 1. The summed E-state index contributed by atoms with van der Waals surface area (Å²) in [5, 5.41) is 7.72. The maximum Gasteiger partial charge on any atom is 0.478 e. The molecule has 0 saturated heterocycles. The summed E-state index contributed by atoms with van der Waals surface area (Å²) in [5.41, 5.74) is 0. The smallest absolute Gasteiger partial charge is 0.477 e. The van der Waals surface area contributed by atoms with Crippen LogP contribution in [0.2, 0.25) is 0 Å².